The normalized spacial score (nSPS) is 17.6. The highest BCUT2D eigenvalue weighted by molar-refractivity contribution is 6.30. The second-order valence-corrected chi connectivity index (χ2v) is 5.27. The molecule has 19 heavy (non-hydrogen) atoms. The number of hydrogen-bond acceptors (Lipinski definition) is 2. The summed E-state index contributed by atoms with van der Waals surface area (Å²) in [7, 11) is 0. The number of benzene rings is 2. The summed E-state index contributed by atoms with van der Waals surface area (Å²) in [4.78, 5) is 0. The van der Waals surface area contributed by atoms with Crippen molar-refractivity contribution in [1.29, 1.82) is 0 Å². The third kappa shape index (κ3) is 3.09. The van der Waals surface area contributed by atoms with Gasteiger partial charge in [0.05, 0.1) is 0 Å². The van der Waals surface area contributed by atoms with E-state index >= 15 is 0 Å². The van der Waals surface area contributed by atoms with Gasteiger partial charge in [0.1, 0.15) is 12.4 Å². The Bertz CT molecular complexity index is 570. The van der Waals surface area contributed by atoms with Crippen LogP contribution in [0.1, 0.15) is 11.1 Å². The van der Waals surface area contributed by atoms with Gasteiger partial charge >= 0.3 is 0 Å². The molecule has 0 aromatic heterocycles. The van der Waals surface area contributed by atoms with E-state index in [2.05, 4.69) is 23.5 Å². The third-order valence-electron chi connectivity index (χ3n) is 3.36. The molecule has 2 aromatic carbocycles. The van der Waals surface area contributed by atoms with E-state index in [0.29, 0.717) is 6.04 Å². The smallest absolute Gasteiger partial charge is 0.122 e. The zero-order valence-corrected chi connectivity index (χ0v) is 11.4. The summed E-state index contributed by atoms with van der Waals surface area (Å²) in [6, 6.07) is 16.5. The molecule has 0 saturated carbocycles. The number of halogens is 1. The van der Waals surface area contributed by atoms with Crippen molar-refractivity contribution in [2.75, 3.05) is 6.61 Å². The summed E-state index contributed by atoms with van der Waals surface area (Å²) in [6.45, 7) is 1.54. The predicted octanol–water partition coefficient (Wildman–Crippen LogP) is 3.43. The van der Waals surface area contributed by atoms with Crippen molar-refractivity contribution in [2.45, 2.75) is 19.0 Å². The fraction of sp³-hybridized carbons (Fsp3) is 0.250. The van der Waals surface area contributed by atoms with Gasteiger partial charge in [0, 0.05) is 17.6 Å². The highest BCUT2D eigenvalue weighted by Gasteiger charge is 2.18. The van der Waals surface area contributed by atoms with E-state index in [1.165, 1.54) is 11.1 Å². The Kier molecular flexibility index (Phi) is 3.72. The van der Waals surface area contributed by atoms with Crippen LogP contribution in [0.15, 0.2) is 48.5 Å². The SMILES string of the molecule is Clc1cccc(CNC2COc3ccccc3C2)c1. The monoisotopic (exact) mass is 273 g/mol. The second-order valence-electron chi connectivity index (χ2n) is 4.83. The molecular formula is C16H16ClNO. The van der Waals surface area contributed by atoms with Gasteiger partial charge in [-0.3, -0.25) is 0 Å². The van der Waals surface area contributed by atoms with Crippen LogP contribution < -0.4 is 10.1 Å². The Morgan fingerprint density at radius 1 is 1.16 bits per heavy atom. The van der Waals surface area contributed by atoms with Crippen LogP contribution in [0.5, 0.6) is 5.75 Å². The van der Waals surface area contributed by atoms with Crippen LogP contribution in [0, 0.1) is 0 Å². The van der Waals surface area contributed by atoms with Gasteiger partial charge in [-0.15, -0.1) is 0 Å². The lowest BCUT2D eigenvalue weighted by atomic mass is 10.0. The molecule has 0 bridgehead atoms. The first-order chi connectivity index (χ1) is 9.31. The van der Waals surface area contributed by atoms with Crippen molar-refractivity contribution in [2.24, 2.45) is 0 Å². The van der Waals surface area contributed by atoms with Crippen LogP contribution in [0.4, 0.5) is 0 Å². The van der Waals surface area contributed by atoms with Gasteiger partial charge < -0.3 is 10.1 Å². The molecule has 0 aliphatic carbocycles. The molecule has 0 fully saturated rings. The highest BCUT2D eigenvalue weighted by atomic mass is 35.5. The summed E-state index contributed by atoms with van der Waals surface area (Å²) in [6.07, 6.45) is 1.01. The topological polar surface area (TPSA) is 21.3 Å². The summed E-state index contributed by atoms with van der Waals surface area (Å²) in [5, 5.41) is 4.30. The van der Waals surface area contributed by atoms with E-state index in [1.807, 2.05) is 30.3 Å². The molecule has 1 aliphatic rings. The van der Waals surface area contributed by atoms with Gasteiger partial charge in [0.2, 0.25) is 0 Å². The van der Waals surface area contributed by atoms with E-state index in [4.69, 9.17) is 16.3 Å². The molecule has 0 spiro atoms. The van der Waals surface area contributed by atoms with Gasteiger partial charge in [-0.05, 0) is 35.7 Å². The molecule has 0 saturated heterocycles. The lowest BCUT2D eigenvalue weighted by molar-refractivity contribution is 0.238. The van der Waals surface area contributed by atoms with Gasteiger partial charge in [-0.1, -0.05) is 41.9 Å². The van der Waals surface area contributed by atoms with Gasteiger partial charge in [-0.2, -0.15) is 0 Å². The zero-order valence-electron chi connectivity index (χ0n) is 10.6. The molecule has 98 valence electrons. The van der Waals surface area contributed by atoms with Crippen molar-refractivity contribution in [3.63, 3.8) is 0 Å². The average Bonchev–Trinajstić information content (AvgIpc) is 2.45. The number of rotatable bonds is 3. The summed E-state index contributed by atoms with van der Waals surface area (Å²) in [5.41, 5.74) is 2.48. The molecule has 1 heterocycles. The van der Waals surface area contributed by atoms with Crippen LogP contribution in [-0.4, -0.2) is 12.6 Å². The number of ether oxygens (including phenoxy) is 1. The molecule has 1 unspecified atom stereocenters. The van der Waals surface area contributed by atoms with Crippen LogP contribution in [0.3, 0.4) is 0 Å². The molecule has 2 aromatic rings. The lowest BCUT2D eigenvalue weighted by Gasteiger charge is -2.26. The maximum absolute atomic E-state index is 5.98. The second kappa shape index (κ2) is 5.64. The minimum atomic E-state index is 0.355. The van der Waals surface area contributed by atoms with Crippen molar-refractivity contribution in [3.05, 3.63) is 64.7 Å². The predicted molar refractivity (Wildman–Crippen MR) is 77.7 cm³/mol. The Hall–Kier alpha value is -1.51. The Balaban J connectivity index is 1.61. The molecule has 0 radical (unpaired) electrons. The minimum absolute atomic E-state index is 0.355. The van der Waals surface area contributed by atoms with Gasteiger partial charge in [-0.25, -0.2) is 0 Å². The summed E-state index contributed by atoms with van der Waals surface area (Å²) in [5.74, 6) is 1.02. The average molecular weight is 274 g/mol. The fourth-order valence-electron chi connectivity index (χ4n) is 2.37. The molecule has 0 amide bonds. The number of para-hydroxylation sites is 1. The van der Waals surface area contributed by atoms with Crippen LogP contribution >= 0.6 is 11.6 Å². The molecule has 1 aliphatic heterocycles. The number of fused-ring (bicyclic) bond motifs is 1. The summed E-state index contributed by atoms with van der Waals surface area (Å²) >= 11 is 5.98. The molecular weight excluding hydrogens is 258 g/mol. The number of nitrogens with one attached hydrogen (secondary N) is 1. The highest BCUT2D eigenvalue weighted by Crippen LogP contribution is 2.24. The molecule has 2 nitrogen and oxygen atoms in total. The third-order valence-corrected chi connectivity index (χ3v) is 3.60. The van der Waals surface area contributed by atoms with E-state index in [0.717, 1.165) is 30.3 Å². The Morgan fingerprint density at radius 3 is 2.95 bits per heavy atom. The van der Waals surface area contributed by atoms with Crippen molar-refractivity contribution in [1.82, 2.24) is 5.32 Å². The zero-order chi connectivity index (χ0) is 13.1. The van der Waals surface area contributed by atoms with Crippen molar-refractivity contribution in [3.8, 4) is 5.75 Å². The molecule has 3 heteroatoms. The molecule has 1 atom stereocenters. The van der Waals surface area contributed by atoms with Crippen molar-refractivity contribution < 1.29 is 4.74 Å². The standard InChI is InChI=1S/C16H16ClNO/c17-14-6-3-4-12(8-14)10-18-15-9-13-5-1-2-7-16(13)19-11-15/h1-8,15,18H,9-11H2. The van der Waals surface area contributed by atoms with Gasteiger partial charge in [0.15, 0.2) is 0 Å². The quantitative estimate of drug-likeness (QED) is 0.925. The minimum Gasteiger partial charge on any atom is -0.492 e. The first-order valence-corrected chi connectivity index (χ1v) is 6.87. The van der Waals surface area contributed by atoms with Crippen LogP contribution in [0.2, 0.25) is 5.02 Å². The van der Waals surface area contributed by atoms with E-state index in [1.54, 1.807) is 0 Å². The maximum atomic E-state index is 5.98. The van der Waals surface area contributed by atoms with E-state index < -0.39 is 0 Å². The largest absolute Gasteiger partial charge is 0.492 e. The van der Waals surface area contributed by atoms with Crippen LogP contribution in [-0.2, 0) is 13.0 Å². The maximum Gasteiger partial charge on any atom is 0.122 e. The Labute approximate surface area is 118 Å². The number of hydrogen-bond donors (Lipinski definition) is 1. The molecule has 3 rings (SSSR count). The Morgan fingerprint density at radius 2 is 2.05 bits per heavy atom. The fourth-order valence-corrected chi connectivity index (χ4v) is 2.58. The van der Waals surface area contributed by atoms with E-state index in [9.17, 15) is 0 Å². The van der Waals surface area contributed by atoms with E-state index in [-0.39, 0.29) is 0 Å². The lowest BCUT2D eigenvalue weighted by Crippen LogP contribution is -2.38. The molecule has 1 N–H and O–H groups in total. The first-order valence-electron chi connectivity index (χ1n) is 6.50. The summed E-state index contributed by atoms with van der Waals surface area (Å²) < 4.78 is 5.76. The van der Waals surface area contributed by atoms with Crippen molar-refractivity contribution >= 4 is 11.6 Å². The van der Waals surface area contributed by atoms with Gasteiger partial charge in [0.25, 0.3) is 0 Å². The van der Waals surface area contributed by atoms with Crippen LogP contribution in [0.25, 0.3) is 0 Å². The first kappa shape index (κ1) is 12.5.